The van der Waals surface area contributed by atoms with E-state index in [4.69, 9.17) is 9.47 Å². The zero-order valence-corrected chi connectivity index (χ0v) is 15.3. The summed E-state index contributed by atoms with van der Waals surface area (Å²) >= 11 is 3.44. The van der Waals surface area contributed by atoms with Crippen LogP contribution in [0.4, 0.5) is 0 Å². The maximum absolute atomic E-state index is 11.9. The Hall–Kier alpha value is -0.790. The molecule has 120 valence electrons. The molecule has 0 aliphatic carbocycles. The van der Waals surface area contributed by atoms with Crippen LogP contribution in [0.1, 0.15) is 25.5 Å². The van der Waals surface area contributed by atoms with E-state index < -0.39 is 15.1 Å². The molecule has 1 aromatic rings. The SMILES string of the molecule is CCNC(c1ccc(OC)c(Br)c1OC)C(C)S(C)(=O)=O. The van der Waals surface area contributed by atoms with Gasteiger partial charge in [0.05, 0.1) is 25.5 Å². The molecule has 0 aliphatic heterocycles. The lowest BCUT2D eigenvalue weighted by Crippen LogP contribution is -2.35. The van der Waals surface area contributed by atoms with Crippen molar-refractivity contribution in [3.05, 3.63) is 22.2 Å². The van der Waals surface area contributed by atoms with Crippen LogP contribution in [-0.2, 0) is 9.84 Å². The van der Waals surface area contributed by atoms with Crippen molar-refractivity contribution in [2.45, 2.75) is 25.1 Å². The van der Waals surface area contributed by atoms with Crippen LogP contribution in [0.15, 0.2) is 16.6 Å². The van der Waals surface area contributed by atoms with E-state index in [9.17, 15) is 8.42 Å². The van der Waals surface area contributed by atoms with Gasteiger partial charge in [0, 0.05) is 11.8 Å². The standard InChI is InChI=1S/C14H22BrNO4S/c1-6-16-13(9(2)21(5,17)18)10-7-8-11(19-3)12(15)14(10)20-4/h7-9,13,16H,6H2,1-5H3. The quantitative estimate of drug-likeness (QED) is 0.788. The predicted octanol–water partition coefficient (Wildman–Crippen LogP) is 2.55. The van der Waals surface area contributed by atoms with Crippen LogP contribution in [0.5, 0.6) is 11.5 Å². The summed E-state index contributed by atoms with van der Waals surface area (Å²) in [6, 6.07) is 3.26. The number of halogens is 1. The van der Waals surface area contributed by atoms with Gasteiger partial charge in [-0.1, -0.05) is 6.92 Å². The fourth-order valence-corrected chi connectivity index (χ4v) is 3.58. The highest BCUT2D eigenvalue weighted by molar-refractivity contribution is 9.10. The summed E-state index contributed by atoms with van der Waals surface area (Å²) in [6.45, 7) is 4.28. The van der Waals surface area contributed by atoms with Crippen molar-refractivity contribution in [3.63, 3.8) is 0 Å². The Kier molecular flexibility index (Phi) is 6.49. The van der Waals surface area contributed by atoms with E-state index in [0.29, 0.717) is 22.5 Å². The first-order valence-electron chi connectivity index (χ1n) is 6.60. The molecule has 0 radical (unpaired) electrons. The number of hydrogen-bond donors (Lipinski definition) is 1. The van der Waals surface area contributed by atoms with E-state index in [0.717, 1.165) is 5.56 Å². The summed E-state index contributed by atoms with van der Waals surface area (Å²) in [7, 11) is -0.0682. The predicted molar refractivity (Wildman–Crippen MR) is 88.0 cm³/mol. The van der Waals surface area contributed by atoms with E-state index >= 15 is 0 Å². The Morgan fingerprint density at radius 1 is 1.29 bits per heavy atom. The molecule has 0 spiro atoms. The minimum atomic E-state index is -3.19. The normalized spacial score (nSPS) is 14.6. The highest BCUT2D eigenvalue weighted by atomic mass is 79.9. The molecular formula is C14H22BrNO4S. The first-order chi connectivity index (χ1) is 9.77. The van der Waals surface area contributed by atoms with Crippen LogP contribution >= 0.6 is 15.9 Å². The Morgan fingerprint density at radius 3 is 2.33 bits per heavy atom. The molecule has 0 saturated carbocycles. The molecule has 21 heavy (non-hydrogen) atoms. The van der Waals surface area contributed by atoms with Crippen molar-refractivity contribution < 1.29 is 17.9 Å². The number of sulfone groups is 1. The van der Waals surface area contributed by atoms with Crippen molar-refractivity contribution >= 4 is 25.8 Å². The molecular weight excluding hydrogens is 358 g/mol. The van der Waals surface area contributed by atoms with Crippen LogP contribution in [0.2, 0.25) is 0 Å². The molecule has 1 aromatic carbocycles. The Balaban J connectivity index is 3.42. The molecule has 0 heterocycles. The molecule has 0 aliphatic rings. The molecule has 1 rings (SSSR count). The molecule has 0 saturated heterocycles. The second-order valence-corrected chi connectivity index (χ2v) is 7.97. The van der Waals surface area contributed by atoms with Gasteiger partial charge in [-0.3, -0.25) is 0 Å². The van der Waals surface area contributed by atoms with Crippen LogP contribution in [0, 0.1) is 0 Å². The van der Waals surface area contributed by atoms with Gasteiger partial charge in [-0.05, 0) is 41.5 Å². The minimum Gasteiger partial charge on any atom is -0.495 e. The third-order valence-corrected chi connectivity index (χ3v) is 5.79. The van der Waals surface area contributed by atoms with Crippen LogP contribution in [0.25, 0.3) is 0 Å². The number of methoxy groups -OCH3 is 2. The maximum Gasteiger partial charge on any atom is 0.151 e. The Morgan fingerprint density at radius 2 is 1.90 bits per heavy atom. The van der Waals surface area contributed by atoms with E-state index in [1.54, 1.807) is 27.2 Å². The lowest BCUT2D eigenvalue weighted by molar-refractivity contribution is 0.379. The van der Waals surface area contributed by atoms with Gasteiger partial charge in [0.1, 0.15) is 16.0 Å². The number of rotatable bonds is 7. The second-order valence-electron chi connectivity index (χ2n) is 4.77. The molecule has 0 bridgehead atoms. The fraction of sp³-hybridized carbons (Fsp3) is 0.571. The molecule has 0 fully saturated rings. The first kappa shape index (κ1) is 18.3. The summed E-state index contributed by atoms with van der Waals surface area (Å²) in [5.41, 5.74) is 0.782. The number of nitrogens with one attached hydrogen (secondary N) is 1. The van der Waals surface area contributed by atoms with Crippen molar-refractivity contribution in [1.29, 1.82) is 0 Å². The van der Waals surface area contributed by atoms with Crippen molar-refractivity contribution in [3.8, 4) is 11.5 Å². The first-order valence-corrected chi connectivity index (χ1v) is 9.35. The topological polar surface area (TPSA) is 64.6 Å². The zero-order chi connectivity index (χ0) is 16.2. The highest BCUT2D eigenvalue weighted by Crippen LogP contribution is 2.41. The average Bonchev–Trinajstić information content (AvgIpc) is 2.42. The van der Waals surface area contributed by atoms with E-state index in [-0.39, 0.29) is 6.04 Å². The Labute approximate surface area is 135 Å². The van der Waals surface area contributed by atoms with E-state index in [1.807, 2.05) is 13.0 Å². The molecule has 2 atom stereocenters. The van der Waals surface area contributed by atoms with Crippen molar-refractivity contribution in [2.24, 2.45) is 0 Å². The molecule has 5 nitrogen and oxygen atoms in total. The summed E-state index contributed by atoms with van der Waals surface area (Å²) in [6.07, 6.45) is 1.24. The van der Waals surface area contributed by atoms with Gasteiger partial charge in [-0.2, -0.15) is 0 Å². The van der Waals surface area contributed by atoms with Gasteiger partial charge in [0.2, 0.25) is 0 Å². The molecule has 2 unspecified atom stereocenters. The summed E-state index contributed by atoms with van der Waals surface area (Å²) in [4.78, 5) is 0. The molecule has 0 amide bonds. The number of ether oxygens (including phenoxy) is 2. The minimum absolute atomic E-state index is 0.359. The van der Waals surface area contributed by atoms with Gasteiger partial charge < -0.3 is 14.8 Å². The third-order valence-electron chi connectivity index (χ3n) is 3.42. The monoisotopic (exact) mass is 379 g/mol. The molecule has 0 aromatic heterocycles. The lowest BCUT2D eigenvalue weighted by Gasteiger charge is -2.26. The fourth-order valence-electron chi connectivity index (χ4n) is 2.16. The van der Waals surface area contributed by atoms with E-state index in [1.165, 1.54) is 6.26 Å². The highest BCUT2D eigenvalue weighted by Gasteiger charge is 2.30. The Bertz CT molecular complexity index is 589. The molecule has 1 N–H and O–H groups in total. The zero-order valence-electron chi connectivity index (χ0n) is 12.9. The van der Waals surface area contributed by atoms with Gasteiger partial charge >= 0.3 is 0 Å². The van der Waals surface area contributed by atoms with E-state index in [2.05, 4.69) is 21.2 Å². The number of benzene rings is 1. The third kappa shape index (κ3) is 4.11. The van der Waals surface area contributed by atoms with Crippen LogP contribution in [-0.4, -0.2) is 40.7 Å². The van der Waals surface area contributed by atoms with Gasteiger partial charge in [-0.25, -0.2) is 8.42 Å². The lowest BCUT2D eigenvalue weighted by atomic mass is 10.0. The maximum atomic E-state index is 11.9. The van der Waals surface area contributed by atoms with Gasteiger partial charge in [-0.15, -0.1) is 0 Å². The summed E-state index contributed by atoms with van der Waals surface area (Å²) < 4.78 is 35.2. The van der Waals surface area contributed by atoms with Crippen molar-refractivity contribution in [2.75, 3.05) is 27.0 Å². The summed E-state index contributed by atoms with van der Waals surface area (Å²) in [5.74, 6) is 1.22. The second kappa shape index (κ2) is 7.47. The average molecular weight is 380 g/mol. The van der Waals surface area contributed by atoms with Gasteiger partial charge in [0.15, 0.2) is 9.84 Å². The van der Waals surface area contributed by atoms with Gasteiger partial charge in [0.25, 0.3) is 0 Å². The van der Waals surface area contributed by atoms with Crippen molar-refractivity contribution in [1.82, 2.24) is 5.32 Å². The van der Waals surface area contributed by atoms with Crippen LogP contribution in [0.3, 0.4) is 0 Å². The summed E-state index contributed by atoms with van der Waals surface area (Å²) in [5, 5.41) is 2.65. The largest absolute Gasteiger partial charge is 0.495 e. The molecule has 7 heteroatoms. The van der Waals surface area contributed by atoms with Crippen LogP contribution < -0.4 is 14.8 Å². The number of hydrogen-bond acceptors (Lipinski definition) is 5. The smallest absolute Gasteiger partial charge is 0.151 e.